The lowest BCUT2D eigenvalue weighted by atomic mass is 9.81. The average Bonchev–Trinajstić information content (AvgIpc) is 2.88. The fourth-order valence-electron chi connectivity index (χ4n) is 5.44. The van der Waals surface area contributed by atoms with E-state index in [0.29, 0.717) is 17.4 Å². The van der Waals surface area contributed by atoms with Gasteiger partial charge in [-0.1, -0.05) is 42.5 Å². The van der Waals surface area contributed by atoms with Gasteiger partial charge >= 0.3 is 5.69 Å². The Bertz CT molecular complexity index is 1250. The summed E-state index contributed by atoms with van der Waals surface area (Å²) >= 11 is 0. The van der Waals surface area contributed by atoms with Gasteiger partial charge in [-0.3, -0.25) is 19.1 Å². The maximum Gasteiger partial charge on any atom is 0.328 e. The van der Waals surface area contributed by atoms with E-state index in [1.54, 1.807) is 12.1 Å². The largest absolute Gasteiger partial charge is 0.340 e. The molecule has 2 aliphatic rings. The first kappa shape index (κ1) is 22.6. The third-order valence-corrected chi connectivity index (χ3v) is 7.46. The van der Waals surface area contributed by atoms with Crippen LogP contribution < -0.4 is 11.2 Å². The molecule has 7 nitrogen and oxygen atoms in total. The number of hydrogen-bond donors (Lipinski definition) is 1. The Labute approximate surface area is 199 Å². The lowest BCUT2D eigenvalue weighted by Crippen LogP contribution is -2.50. The van der Waals surface area contributed by atoms with E-state index in [1.165, 1.54) is 10.1 Å². The molecule has 3 aromatic rings. The first-order valence-electron chi connectivity index (χ1n) is 12.4. The predicted octanol–water partition coefficient (Wildman–Crippen LogP) is 2.84. The quantitative estimate of drug-likeness (QED) is 0.635. The molecule has 1 saturated carbocycles. The highest BCUT2D eigenvalue weighted by molar-refractivity contribution is 5.79. The zero-order valence-corrected chi connectivity index (χ0v) is 19.5. The predicted molar refractivity (Wildman–Crippen MR) is 133 cm³/mol. The van der Waals surface area contributed by atoms with Gasteiger partial charge in [-0.15, -0.1) is 0 Å². The molecule has 0 spiro atoms. The van der Waals surface area contributed by atoms with Crippen LogP contribution in [0, 0.1) is 11.8 Å². The third-order valence-electron chi connectivity index (χ3n) is 7.46. The molecule has 2 heterocycles. The van der Waals surface area contributed by atoms with Crippen molar-refractivity contribution in [3.8, 4) is 0 Å². The summed E-state index contributed by atoms with van der Waals surface area (Å²) < 4.78 is 1.33. The van der Waals surface area contributed by atoms with Gasteiger partial charge in [0.25, 0.3) is 5.56 Å². The highest BCUT2D eigenvalue weighted by Crippen LogP contribution is 2.31. The number of nitrogens with zero attached hydrogens (tertiary/aromatic N) is 3. The van der Waals surface area contributed by atoms with Gasteiger partial charge in [-0.2, -0.15) is 0 Å². The van der Waals surface area contributed by atoms with Gasteiger partial charge in [0, 0.05) is 45.2 Å². The summed E-state index contributed by atoms with van der Waals surface area (Å²) in [5, 5.41) is 0.539. The minimum absolute atomic E-state index is 0.0588. The normalized spacial score (nSPS) is 21.6. The maximum absolute atomic E-state index is 13.1. The summed E-state index contributed by atoms with van der Waals surface area (Å²) in [6, 6.07) is 17.6. The van der Waals surface area contributed by atoms with Crippen molar-refractivity contribution in [2.24, 2.45) is 11.8 Å². The molecule has 34 heavy (non-hydrogen) atoms. The van der Waals surface area contributed by atoms with Crippen LogP contribution in [-0.4, -0.2) is 51.4 Å². The molecule has 178 valence electrons. The number of para-hydroxylation sites is 1. The number of piperazine rings is 1. The molecule has 0 unspecified atom stereocenters. The molecule has 1 aliphatic carbocycles. The van der Waals surface area contributed by atoms with Crippen LogP contribution in [0.15, 0.2) is 64.2 Å². The summed E-state index contributed by atoms with van der Waals surface area (Å²) in [4.78, 5) is 45.7. The van der Waals surface area contributed by atoms with Gasteiger partial charge in [-0.25, -0.2) is 4.79 Å². The highest BCUT2D eigenvalue weighted by Gasteiger charge is 2.31. The van der Waals surface area contributed by atoms with Gasteiger partial charge in [-0.05, 0) is 49.3 Å². The topological polar surface area (TPSA) is 78.4 Å². The van der Waals surface area contributed by atoms with Crippen LogP contribution >= 0.6 is 0 Å². The molecule has 5 rings (SSSR count). The smallest absolute Gasteiger partial charge is 0.328 e. The lowest BCUT2D eigenvalue weighted by molar-refractivity contribution is -0.138. The number of benzene rings is 2. The maximum atomic E-state index is 13.1. The van der Waals surface area contributed by atoms with Crippen molar-refractivity contribution in [2.75, 3.05) is 26.2 Å². The van der Waals surface area contributed by atoms with Crippen LogP contribution in [0.2, 0.25) is 0 Å². The second kappa shape index (κ2) is 9.97. The lowest BCUT2D eigenvalue weighted by Gasteiger charge is -2.38. The van der Waals surface area contributed by atoms with Gasteiger partial charge in [0.1, 0.15) is 0 Å². The Kier molecular flexibility index (Phi) is 6.63. The summed E-state index contributed by atoms with van der Waals surface area (Å²) in [6.45, 7) is 4.73. The van der Waals surface area contributed by atoms with Crippen LogP contribution in [0.3, 0.4) is 0 Å². The number of rotatable bonds is 5. The van der Waals surface area contributed by atoms with Gasteiger partial charge in [0.05, 0.1) is 10.9 Å². The molecule has 1 N–H and O–H groups in total. The standard InChI is InChI=1S/C27H32N4O3/c32-25(30-16-14-29(15-17-30)18-20-6-2-1-3-7-20)22-12-10-21(11-13-22)19-31-26(33)23-8-4-5-9-24(23)28-27(31)34/h1-9,21-22H,10-19H2,(H,28,34). The van der Waals surface area contributed by atoms with Crippen LogP contribution in [0.1, 0.15) is 31.2 Å². The number of amides is 1. The second-order valence-corrected chi connectivity index (χ2v) is 9.70. The van der Waals surface area contributed by atoms with Crippen LogP contribution in [-0.2, 0) is 17.9 Å². The fourth-order valence-corrected chi connectivity index (χ4v) is 5.44. The Morgan fingerprint density at radius 2 is 1.53 bits per heavy atom. The highest BCUT2D eigenvalue weighted by atomic mass is 16.2. The number of carbonyl (C=O) groups excluding carboxylic acids is 1. The van der Waals surface area contributed by atoms with Crippen molar-refractivity contribution >= 4 is 16.8 Å². The number of nitrogens with one attached hydrogen (secondary N) is 1. The Morgan fingerprint density at radius 3 is 2.26 bits per heavy atom. The van der Waals surface area contributed by atoms with Crippen LogP contribution in [0.5, 0.6) is 0 Å². The van der Waals surface area contributed by atoms with Crippen molar-refractivity contribution in [1.82, 2.24) is 19.4 Å². The van der Waals surface area contributed by atoms with E-state index in [9.17, 15) is 14.4 Å². The Hall–Kier alpha value is -3.19. The fraction of sp³-hybridized carbons (Fsp3) is 0.444. The van der Waals surface area contributed by atoms with E-state index < -0.39 is 0 Å². The minimum atomic E-state index is -0.352. The van der Waals surface area contributed by atoms with E-state index in [1.807, 2.05) is 23.1 Å². The summed E-state index contributed by atoms with van der Waals surface area (Å²) in [5.41, 5.74) is 1.30. The number of aromatic amines is 1. The van der Waals surface area contributed by atoms with Crippen molar-refractivity contribution in [3.05, 3.63) is 81.0 Å². The molecule has 1 aliphatic heterocycles. The molecule has 0 bridgehead atoms. The minimum Gasteiger partial charge on any atom is -0.340 e. The zero-order chi connectivity index (χ0) is 23.5. The molecule has 1 aromatic heterocycles. The van der Waals surface area contributed by atoms with Gasteiger partial charge in [0.2, 0.25) is 5.91 Å². The van der Waals surface area contributed by atoms with E-state index in [2.05, 4.69) is 34.1 Å². The van der Waals surface area contributed by atoms with E-state index in [0.717, 1.165) is 58.4 Å². The Morgan fingerprint density at radius 1 is 0.853 bits per heavy atom. The Balaban J connectivity index is 1.13. The molecule has 2 aromatic carbocycles. The zero-order valence-electron chi connectivity index (χ0n) is 19.5. The molecule has 2 fully saturated rings. The number of carbonyl (C=O) groups is 1. The van der Waals surface area contributed by atoms with E-state index in [4.69, 9.17) is 0 Å². The van der Waals surface area contributed by atoms with Crippen molar-refractivity contribution < 1.29 is 4.79 Å². The number of H-pyrrole nitrogens is 1. The summed E-state index contributed by atoms with van der Waals surface area (Å²) in [6.07, 6.45) is 3.38. The number of aromatic nitrogens is 2. The third kappa shape index (κ3) is 4.85. The van der Waals surface area contributed by atoms with Crippen molar-refractivity contribution in [1.29, 1.82) is 0 Å². The first-order chi connectivity index (χ1) is 16.6. The number of hydrogen-bond acceptors (Lipinski definition) is 4. The van der Waals surface area contributed by atoms with E-state index >= 15 is 0 Å². The summed E-state index contributed by atoms with van der Waals surface area (Å²) in [5.74, 6) is 0.578. The van der Waals surface area contributed by atoms with Crippen molar-refractivity contribution in [2.45, 2.75) is 38.8 Å². The molecular formula is C27H32N4O3. The van der Waals surface area contributed by atoms with E-state index in [-0.39, 0.29) is 29.0 Å². The molecule has 1 saturated heterocycles. The first-order valence-corrected chi connectivity index (χ1v) is 12.4. The number of fused-ring (bicyclic) bond motifs is 1. The second-order valence-electron chi connectivity index (χ2n) is 9.70. The summed E-state index contributed by atoms with van der Waals surface area (Å²) in [7, 11) is 0. The monoisotopic (exact) mass is 460 g/mol. The van der Waals surface area contributed by atoms with Gasteiger partial charge < -0.3 is 9.88 Å². The van der Waals surface area contributed by atoms with Crippen molar-refractivity contribution in [3.63, 3.8) is 0 Å². The molecular weight excluding hydrogens is 428 g/mol. The molecule has 0 atom stereocenters. The van der Waals surface area contributed by atoms with Crippen LogP contribution in [0.25, 0.3) is 10.9 Å². The van der Waals surface area contributed by atoms with Crippen LogP contribution in [0.4, 0.5) is 0 Å². The SMILES string of the molecule is O=C(C1CCC(Cn2c(=O)[nH]c3ccccc3c2=O)CC1)N1CCN(Cc2ccccc2)CC1. The van der Waals surface area contributed by atoms with Gasteiger partial charge in [0.15, 0.2) is 0 Å². The molecule has 7 heteroatoms. The molecule has 0 radical (unpaired) electrons. The molecule has 1 amide bonds. The average molecular weight is 461 g/mol.